The van der Waals surface area contributed by atoms with Crippen molar-refractivity contribution in [2.24, 2.45) is 5.92 Å². The van der Waals surface area contributed by atoms with Crippen LogP contribution in [0.1, 0.15) is 26.7 Å². The van der Waals surface area contributed by atoms with E-state index in [1.54, 1.807) is 13.8 Å². The largest absolute Gasteiger partial charge is 0.468 e. The van der Waals surface area contributed by atoms with Crippen molar-refractivity contribution in [3.05, 3.63) is 0 Å². The summed E-state index contributed by atoms with van der Waals surface area (Å²) < 4.78 is 4.15. The van der Waals surface area contributed by atoms with E-state index in [2.05, 4.69) is 4.74 Å². The first-order valence-electron chi connectivity index (χ1n) is 4.48. The molecule has 4 nitrogen and oxygen atoms in total. The third-order valence-corrected chi connectivity index (χ3v) is 2.31. The highest BCUT2D eigenvalue weighted by Crippen LogP contribution is 2.34. The second-order valence-electron chi connectivity index (χ2n) is 2.85. The maximum Gasteiger partial charge on any atom is 0.293 e. The van der Waals surface area contributed by atoms with Crippen LogP contribution in [0.2, 0.25) is 0 Å². The molecule has 0 unspecified atom stereocenters. The average Bonchev–Trinajstić information content (AvgIpc) is 2.87. The third-order valence-electron chi connectivity index (χ3n) is 1.45. The molecule has 0 atom stereocenters. The minimum atomic E-state index is 0.431. The molecule has 0 aromatic carbocycles. The summed E-state index contributed by atoms with van der Waals surface area (Å²) in [4.78, 5) is 9.18. The maximum atomic E-state index is 9.18. The van der Waals surface area contributed by atoms with Gasteiger partial charge in [0, 0.05) is 5.92 Å². The summed E-state index contributed by atoms with van der Waals surface area (Å²) in [5.41, 5.74) is 0. The van der Waals surface area contributed by atoms with E-state index in [0.29, 0.717) is 29.1 Å². The van der Waals surface area contributed by atoms with Gasteiger partial charge in [-0.15, -0.1) is 0 Å². The summed E-state index contributed by atoms with van der Waals surface area (Å²) in [5, 5.41) is 15.6. The summed E-state index contributed by atoms with van der Waals surface area (Å²) in [6.45, 7) is 4.39. The predicted octanol–water partition coefficient (Wildman–Crippen LogP) is 2.28. The first kappa shape index (κ1) is 13.2. The van der Waals surface area contributed by atoms with Crippen LogP contribution >= 0.6 is 11.8 Å². The molecule has 0 aromatic heterocycles. The highest BCUT2D eigenvalue weighted by Gasteiger charge is 2.26. The molecule has 1 saturated carbocycles. The van der Waals surface area contributed by atoms with Crippen molar-refractivity contribution in [1.82, 2.24) is 0 Å². The molecule has 0 aromatic rings. The van der Waals surface area contributed by atoms with Crippen molar-refractivity contribution < 1.29 is 9.53 Å². The number of carbonyl (C=O) groups is 1. The average molecular weight is 216 g/mol. The molecule has 2 N–H and O–H groups in total. The van der Waals surface area contributed by atoms with Gasteiger partial charge in [-0.1, -0.05) is 11.8 Å². The van der Waals surface area contributed by atoms with Gasteiger partial charge in [0.25, 0.3) is 6.47 Å². The van der Waals surface area contributed by atoms with E-state index in [1.165, 1.54) is 24.6 Å². The Morgan fingerprint density at radius 3 is 2.36 bits per heavy atom. The lowest BCUT2D eigenvalue weighted by molar-refractivity contribution is -0.128. The number of ether oxygens (including phenoxy) is 1. The Morgan fingerprint density at radius 1 is 1.57 bits per heavy atom. The van der Waals surface area contributed by atoms with Gasteiger partial charge in [-0.05, 0) is 26.7 Å². The van der Waals surface area contributed by atoms with Crippen LogP contribution in [0, 0.1) is 16.7 Å². The van der Waals surface area contributed by atoms with Crippen molar-refractivity contribution in [2.45, 2.75) is 26.7 Å². The minimum Gasteiger partial charge on any atom is -0.468 e. The smallest absolute Gasteiger partial charge is 0.293 e. The second kappa shape index (κ2) is 7.55. The van der Waals surface area contributed by atoms with Crippen LogP contribution in [0.3, 0.4) is 0 Å². The molecule has 0 saturated heterocycles. The third kappa shape index (κ3) is 7.79. The molecular formula is C9H16N2O2S. The van der Waals surface area contributed by atoms with Crippen molar-refractivity contribution in [1.29, 1.82) is 10.8 Å². The predicted molar refractivity (Wildman–Crippen MR) is 59.1 cm³/mol. The van der Waals surface area contributed by atoms with Crippen LogP contribution < -0.4 is 0 Å². The van der Waals surface area contributed by atoms with Gasteiger partial charge in [0.15, 0.2) is 0 Å². The van der Waals surface area contributed by atoms with Gasteiger partial charge in [-0.2, -0.15) is 0 Å². The van der Waals surface area contributed by atoms with E-state index < -0.39 is 0 Å². The molecule has 80 valence electrons. The number of carbonyl (C=O) groups excluding carboxylic acids is 1. The Morgan fingerprint density at radius 2 is 2.14 bits per heavy atom. The molecule has 1 rings (SSSR count). The first-order valence-corrected chi connectivity index (χ1v) is 5.30. The molecule has 1 aliphatic rings. The minimum absolute atomic E-state index is 0.431. The molecule has 14 heavy (non-hydrogen) atoms. The fourth-order valence-corrected chi connectivity index (χ4v) is 1.39. The summed E-state index contributed by atoms with van der Waals surface area (Å²) in [5.74, 6) is 0.510. The molecule has 0 heterocycles. The molecule has 0 radical (unpaired) electrons. The Bertz CT molecular complexity index is 215. The number of thioether (sulfide) groups is 1. The summed E-state index contributed by atoms with van der Waals surface area (Å²) in [6, 6.07) is 0. The lowest BCUT2D eigenvalue weighted by Gasteiger charge is -1.95. The SMILES string of the molecule is CC(=N)SC(=N)C1CC1.CCOC=O. The van der Waals surface area contributed by atoms with E-state index in [-0.39, 0.29) is 0 Å². The Labute approximate surface area is 88.4 Å². The van der Waals surface area contributed by atoms with E-state index in [1.807, 2.05) is 0 Å². The standard InChI is InChI=1S/C6H10N2S.C3H6O2/c1-4(7)9-6(8)5-2-3-5;1-2-5-3-4/h5,7-8H,2-3H2,1H3;3H,2H2,1H3. The number of rotatable bonds is 3. The zero-order chi connectivity index (χ0) is 11.0. The van der Waals surface area contributed by atoms with Gasteiger partial charge in [-0.3, -0.25) is 15.6 Å². The maximum absolute atomic E-state index is 9.18. The fourth-order valence-electron chi connectivity index (χ4n) is 0.662. The van der Waals surface area contributed by atoms with Crippen LogP contribution in [0.5, 0.6) is 0 Å². The zero-order valence-corrected chi connectivity index (χ0v) is 9.32. The molecule has 5 heteroatoms. The van der Waals surface area contributed by atoms with Gasteiger partial charge < -0.3 is 4.74 Å². The molecule has 0 aliphatic heterocycles. The number of hydrogen-bond donors (Lipinski definition) is 2. The number of hydrogen-bond acceptors (Lipinski definition) is 5. The molecule has 0 spiro atoms. The Kier molecular flexibility index (Phi) is 7.10. The quantitative estimate of drug-likeness (QED) is 0.432. The monoisotopic (exact) mass is 216 g/mol. The van der Waals surface area contributed by atoms with Gasteiger partial charge in [0.05, 0.1) is 16.7 Å². The highest BCUT2D eigenvalue weighted by molar-refractivity contribution is 8.26. The number of nitrogens with one attached hydrogen (secondary N) is 2. The normalized spacial score (nSPS) is 13.6. The molecule has 1 fully saturated rings. The lowest BCUT2D eigenvalue weighted by Crippen LogP contribution is -1.95. The highest BCUT2D eigenvalue weighted by atomic mass is 32.2. The zero-order valence-electron chi connectivity index (χ0n) is 8.50. The summed E-state index contributed by atoms with van der Waals surface area (Å²) >= 11 is 1.29. The molecular weight excluding hydrogens is 200 g/mol. The van der Waals surface area contributed by atoms with E-state index >= 15 is 0 Å². The van der Waals surface area contributed by atoms with E-state index in [0.717, 1.165) is 0 Å². The van der Waals surface area contributed by atoms with E-state index in [4.69, 9.17) is 10.8 Å². The Balaban J connectivity index is 0.000000292. The topological polar surface area (TPSA) is 74.0 Å². The van der Waals surface area contributed by atoms with Gasteiger partial charge >= 0.3 is 0 Å². The van der Waals surface area contributed by atoms with Crippen LogP contribution in [-0.4, -0.2) is 23.2 Å². The van der Waals surface area contributed by atoms with Crippen molar-refractivity contribution in [3.63, 3.8) is 0 Å². The van der Waals surface area contributed by atoms with Crippen LogP contribution in [-0.2, 0) is 9.53 Å². The second-order valence-corrected chi connectivity index (χ2v) is 4.10. The van der Waals surface area contributed by atoms with Crippen LogP contribution in [0.25, 0.3) is 0 Å². The summed E-state index contributed by atoms with van der Waals surface area (Å²) in [6.07, 6.45) is 2.33. The Hall–Kier alpha value is -0.840. The summed E-state index contributed by atoms with van der Waals surface area (Å²) in [7, 11) is 0. The van der Waals surface area contributed by atoms with Gasteiger partial charge in [0.2, 0.25) is 0 Å². The van der Waals surface area contributed by atoms with Crippen LogP contribution in [0.4, 0.5) is 0 Å². The van der Waals surface area contributed by atoms with Crippen molar-refractivity contribution in [3.8, 4) is 0 Å². The van der Waals surface area contributed by atoms with E-state index in [9.17, 15) is 4.79 Å². The van der Waals surface area contributed by atoms with Crippen LogP contribution in [0.15, 0.2) is 0 Å². The molecule has 1 aliphatic carbocycles. The van der Waals surface area contributed by atoms with Crippen molar-refractivity contribution in [2.75, 3.05) is 6.61 Å². The van der Waals surface area contributed by atoms with Crippen molar-refractivity contribution >= 4 is 28.3 Å². The lowest BCUT2D eigenvalue weighted by atomic mass is 10.5. The fraction of sp³-hybridized carbons (Fsp3) is 0.667. The first-order chi connectivity index (χ1) is 6.61. The van der Waals surface area contributed by atoms with Gasteiger partial charge in [0.1, 0.15) is 0 Å². The molecule has 0 bridgehead atoms. The van der Waals surface area contributed by atoms with Gasteiger partial charge in [-0.25, -0.2) is 0 Å². The molecule has 0 amide bonds.